The summed E-state index contributed by atoms with van der Waals surface area (Å²) < 4.78 is 23.4. The fourth-order valence-electron chi connectivity index (χ4n) is 5.39. The van der Waals surface area contributed by atoms with Crippen molar-refractivity contribution in [3.63, 3.8) is 0 Å². The molecule has 4 rings (SSSR count). The van der Waals surface area contributed by atoms with Gasteiger partial charge in [-0.25, -0.2) is 0 Å². The first-order valence-corrected chi connectivity index (χ1v) is 9.80. The molecule has 0 aromatic heterocycles. The molecule has 0 radical (unpaired) electrons. The van der Waals surface area contributed by atoms with Gasteiger partial charge in [-0.05, 0) is 29.3 Å². The van der Waals surface area contributed by atoms with Gasteiger partial charge >= 0.3 is 0 Å². The van der Waals surface area contributed by atoms with E-state index in [1.165, 1.54) is 22.3 Å². The summed E-state index contributed by atoms with van der Waals surface area (Å²) in [6.45, 7) is 4.34. The lowest BCUT2D eigenvalue weighted by Gasteiger charge is -2.51. The first-order chi connectivity index (χ1) is 13.5. The lowest BCUT2D eigenvalue weighted by atomic mass is 9.75. The number of hydrogen-bond acceptors (Lipinski definition) is 4. The van der Waals surface area contributed by atoms with Crippen LogP contribution in [0, 0.1) is 0 Å². The highest BCUT2D eigenvalue weighted by Crippen LogP contribution is 2.53. The molecule has 2 aromatic carbocycles. The fraction of sp³-hybridized carbons (Fsp3) is 0.478. The number of benzene rings is 2. The lowest BCUT2D eigenvalue weighted by molar-refractivity contribution is -0.957. The van der Waals surface area contributed by atoms with Crippen LogP contribution in [0.1, 0.15) is 41.1 Å². The summed E-state index contributed by atoms with van der Waals surface area (Å²) in [4.78, 5) is 0. The fourth-order valence-corrected chi connectivity index (χ4v) is 5.39. The Labute approximate surface area is 167 Å². The van der Waals surface area contributed by atoms with Crippen LogP contribution in [-0.4, -0.2) is 46.5 Å². The van der Waals surface area contributed by atoms with E-state index in [2.05, 4.69) is 32.2 Å². The minimum Gasteiger partial charge on any atom is -0.493 e. The number of hydrogen-bond donors (Lipinski definition) is 0. The van der Waals surface area contributed by atoms with E-state index in [1.807, 2.05) is 6.07 Å². The largest absolute Gasteiger partial charge is 0.493 e. The standard InChI is InChI=1S/C23H30NO4/c1-14-16-7-8-19(25-3)23(28-6)18(16)13-24(2)10-9-15-11-20(26-4)21(27-5)12-17(15)22(14)24/h7-8,11-12,14,22H,9-10,13H2,1-6H3/q+1/t14-,22+,24-/m0/s1. The summed E-state index contributed by atoms with van der Waals surface area (Å²) in [5.74, 6) is 3.66. The first-order valence-electron chi connectivity index (χ1n) is 9.80. The van der Waals surface area contributed by atoms with E-state index in [0.29, 0.717) is 12.0 Å². The molecule has 0 fully saturated rings. The Bertz CT molecular complexity index is 910. The molecule has 2 aliphatic rings. The maximum absolute atomic E-state index is 5.77. The van der Waals surface area contributed by atoms with Crippen LogP contribution in [0.15, 0.2) is 24.3 Å². The Morgan fingerprint density at radius 3 is 2.18 bits per heavy atom. The molecule has 0 N–H and O–H groups in total. The third-order valence-corrected chi connectivity index (χ3v) is 6.70. The molecule has 0 amide bonds. The molecule has 2 aliphatic heterocycles. The van der Waals surface area contributed by atoms with E-state index in [4.69, 9.17) is 18.9 Å². The summed E-state index contributed by atoms with van der Waals surface area (Å²) in [5.41, 5.74) is 5.37. The highest BCUT2D eigenvalue weighted by molar-refractivity contribution is 5.55. The highest BCUT2D eigenvalue weighted by atomic mass is 16.5. The molecule has 3 atom stereocenters. The molecule has 0 aliphatic carbocycles. The average molecular weight is 384 g/mol. The number of likely N-dealkylation sites (N-methyl/N-ethyl adjacent to an activating group) is 1. The van der Waals surface area contributed by atoms with Crippen LogP contribution in [0.5, 0.6) is 23.0 Å². The van der Waals surface area contributed by atoms with Gasteiger partial charge in [-0.3, -0.25) is 0 Å². The second-order valence-corrected chi connectivity index (χ2v) is 8.12. The number of rotatable bonds is 4. The molecular formula is C23H30NO4+. The normalized spacial score (nSPS) is 25.2. The van der Waals surface area contributed by atoms with Crippen LogP contribution in [0.4, 0.5) is 0 Å². The monoisotopic (exact) mass is 384 g/mol. The Balaban J connectivity index is 1.88. The van der Waals surface area contributed by atoms with Gasteiger partial charge in [0.25, 0.3) is 0 Å². The quantitative estimate of drug-likeness (QED) is 0.745. The topological polar surface area (TPSA) is 36.9 Å². The summed E-state index contributed by atoms with van der Waals surface area (Å²) in [7, 11) is 9.21. The second-order valence-electron chi connectivity index (χ2n) is 8.12. The van der Waals surface area contributed by atoms with E-state index in [9.17, 15) is 0 Å². The van der Waals surface area contributed by atoms with Crippen molar-refractivity contribution in [1.82, 2.24) is 0 Å². The first kappa shape index (κ1) is 18.9. The lowest BCUT2D eigenvalue weighted by Crippen LogP contribution is -2.54. The molecule has 28 heavy (non-hydrogen) atoms. The van der Waals surface area contributed by atoms with Crippen molar-refractivity contribution in [3.05, 3.63) is 46.5 Å². The Kier molecular flexibility index (Phi) is 4.66. The van der Waals surface area contributed by atoms with Crippen molar-refractivity contribution in [2.45, 2.75) is 31.8 Å². The van der Waals surface area contributed by atoms with Crippen LogP contribution < -0.4 is 18.9 Å². The Morgan fingerprint density at radius 1 is 0.857 bits per heavy atom. The van der Waals surface area contributed by atoms with Gasteiger partial charge in [0, 0.05) is 17.9 Å². The third kappa shape index (κ3) is 2.64. The van der Waals surface area contributed by atoms with Crippen LogP contribution in [-0.2, 0) is 13.0 Å². The number of methoxy groups -OCH3 is 4. The third-order valence-electron chi connectivity index (χ3n) is 6.70. The molecule has 2 heterocycles. The highest BCUT2D eigenvalue weighted by Gasteiger charge is 2.48. The molecule has 5 heteroatoms. The predicted octanol–water partition coefficient (Wildman–Crippen LogP) is 4.08. The zero-order chi connectivity index (χ0) is 20.1. The van der Waals surface area contributed by atoms with E-state index in [1.54, 1.807) is 28.4 Å². The molecule has 0 saturated heterocycles. The molecule has 150 valence electrons. The summed E-state index contributed by atoms with van der Waals surface area (Å²) in [5, 5.41) is 0. The van der Waals surface area contributed by atoms with Gasteiger partial charge in [0.1, 0.15) is 12.6 Å². The van der Waals surface area contributed by atoms with Gasteiger partial charge in [0.2, 0.25) is 0 Å². The molecule has 0 unspecified atom stereocenters. The van der Waals surface area contributed by atoms with Crippen LogP contribution >= 0.6 is 0 Å². The summed E-state index contributed by atoms with van der Waals surface area (Å²) in [6.07, 6.45) is 1.02. The molecule has 2 aromatic rings. The molecule has 0 bridgehead atoms. The van der Waals surface area contributed by atoms with Crippen LogP contribution in [0.25, 0.3) is 0 Å². The smallest absolute Gasteiger partial charge is 0.169 e. The summed E-state index contributed by atoms with van der Waals surface area (Å²) >= 11 is 0. The van der Waals surface area contributed by atoms with Gasteiger partial charge < -0.3 is 23.4 Å². The minimum absolute atomic E-state index is 0.353. The SMILES string of the molecule is COc1cc2c(cc1OC)[C@H]1[C@@H](C)c3ccc(OC)c(OC)c3C[N@+]1(C)CC2. The van der Waals surface area contributed by atoms with Gasteiger partial charge in [-0.2, -0.15) is 0 Å². The van der Waals surface area contributed by atoms with E-state index < -0.39 is 0 Å². The van der Waals surface area contributed by atoms with E-state index >= 15 is 0 Å². The predicted molar refractivity (Wildman–Crippen MR) is 109 cm³/mol. The van der Waals surface area contributed by atoms with Crippen LogP contribution in [0.3, 0.4) is 0 Å². The van der Waals surface area contributed by atoms with Crippen LogP contribution in [0.2, 0.25) is 0 Å². The maximum atomic E-state index is 5.77. The number of fused-ring (bicyclic) bond motifs is 4. The van der Waals surface area contributed by atoms with Crippen molar-refractivity contribution in [2.75, 3.05) is 42.0 Å². The molecule has 5 nitrogen and oxygen atoms in total. The van der Waals surface area contributed by atoms with Gasteiger partial charge in [0.05, 0.1) is 47.6 Å². The van der Waals surface area contributed by atoms with E-state index in [0.717, 1.165) is 47.0 Å². The van der Waals surface area contributed by atoms with Crippen molar-refractivity contribution >= 4 is 0 Å². The molecule has 0 saturated carbocycles. The maximum Gasteiger partial charge on any atom is 0.169 e. The van der Waals surface area contributed by atoms with Gasteiger partial charge in [0.15, 0.2) is 23.0 Å². The van der Waals surface area contributed by atoms with E-state index in [-0.39, 0.29) is 0 Å². The molecule has 0 spiro atoms. The Morgan fingerprint density at radius 2 is 1.54 bits per heavy atom. The summed E-state index contributed by atoms with van der Waals surface area (Å²) in [6, 6.07) is 8.96. The minimum atomic E-state index is 0.353. The zero-order valence-corrected chi connectivity index (χ0v) is 17.7. The van der Waals surface area contributed by atoms with Crippen molar-refractivity contribution in [1.29, 1.82) is 0 Å². The zero-order valence-electron chi connectivity index (χ0n) is 17.7. The number of nitrogens with zero attached hydrogens (tertiary/aromatic N) is 1. The van der Waals surface area contributed by atoms with Crippen molar-refractivity contribution in [2.24, 2.45) is 0 Å². The molecular weight excluding hydrogens is 354 g/mol. The second kappa shape index (κ2) is 6.89. The van der Waals surface area contributed by atoms with Crippen molar-refractivity contribution < 1.29 is 23.4 Å². The van der Waals surface area contributed by atoms with Gasteiger partial charge in [-0.15, -0.1) is 0 Å². The number of quaternary nitrogens is 1. The average Bonchev–Trinajstić information content (AvgIpc) is 2.71. The number of ether oxygens (including phenoxy) is 4. The Hall–Kier alpha value is -2.40. The van der Waals surface area contributed by atoms with Crippen molar-refractivity contribution in [3.8, 4) is 23.0 Å². The van der Waals surface area contributed by atoms with Gasteiger partial charge in [-0.1, -0.05) is 13.0 Å².